The molecule has 3 saturated heterocycles. The average molecular weight is 587 g/mol. The van der Waals surface area contributed by atoms with Crippen molar-refractivity contribution in [2.24, 2.45) is 0 Å². The number of piperazine rings is 1. The van der Waals surface area contributed by atoms with E-state index in [0.717, 1.165) is 11.1 Å². The largest absolute Gasteiger partial charge is 0.473 e. The van der Waals surface area contributed by atoms with Gasteiger partial charge in [-0.2, -0.15) is 0 Å². The van der Waals surface area contributed by atoms with Crippen molar-refractivity contribution >= 4 is 28.4 Å². The van der Waals surface area contributed by atoms with E-state index in [-0.39, 0.29) is 46.2 Å². The predicted octanol–water partition coefficient (Wildman–Crippen LogP) is 5.58. The molecule has 0 aromatic heterocycles. The van der Waals surface area contributed by atoms with Gasteiger partial charge in [-0.25, -0.2) is 0 Å². The van der Waals surface area contributed by atoms with Crippen LogP contribution in [0.3, 0.4) is 0 Å². The summed E-state index contributed by atoms with van der Waals surface area (Å²) in [5, 5.41) is -0.0135. The van der Waals surface area contributed by atoms with Gasteiger partial charge in [-0.05, 0) is 59.6 Å². The second-order valence-electron chi connectivity index (χ2n) is 14.8. The van der Waals surface area contributed by atoms with E-state index in [2.05, 4.69) is 67.7 Å². The predicted molar refractivity (Wildman–Crippen MR) is 159 cm³/mol. The van der Waals surface area contributed by atoms with Crippen molar-refractivity contribution in [2.45, 2.75) is 127 Å². The van der Waals surface area contributed by atoms with Gasteiger partial charge in [-0.3, -0.25) is 9.59 Å². The molecule has 0 bridgehead atoms. The van der Waals surface area contributed by atoms with Crippen LogP contribution in [0.1, 0.15) is 54.4 Å². The highest BCUT2D eigenvalue weighted by Crippen LogP contribution is 2.47. The average Bonchev–Trinajstić information content (AvgIpc) is 3.27. The lowest BCUT2D eigenvalue weighted by atomic mass is 10.0. The van der Waals surface area contributed by atoms with Crippen molar-refractivity contribution in [3.8, 4) is 0 Å². The van der Waals surface area contributed by atoms with Gasteiger partial charge in [-0.15, -0.1) is 0 Å². The van der Waals surface area contributed by atoms with Crippen molar-refractivity contribution in [2.75, 3.05) is 0 Å². The van der Waals surface area contributed by atoms with Crippen molar-refractivity contribution in [3.05, 3.63) is 48.3 Å². The first kappa shape index (κ1) is 29.3. The molecule has 5 aliphatic rings. The number of nitrogens with zero attached hydrogens (tertiary/aromatic N) is 2. The van der Waals surface area contributed by atoms with Crippen LogP contribution in [0.2, 0.25) is 36.3 Å². The minimum Gasteiger partial charge on any atom is -0.473 e. The first-order valence-corrected chi connectivity index (χ1v) is 20.3. The Morgan fingerprint density at radius 3 is 1.38 bits per heavy atom. The smallest absolute Gasteiger partial charge is 0.247 e. The van der Waals surface area contributed by atoms with Gasteiger partial charge >= 0.3 is 0 Å². The Morgan fingerprint density at radius 2 is 1.05 bits per heavy atom. The molecule has 5 rings (SSSR count). The summed E-state index contributed by atoms with van der Waals surface area (Å²) >= 11 is 0. The van der Waals surface area contributed by atoms with E-state index in [1.54, 1.807) is 34.8 Å². The Bertz CT molecular complexity index is 1100. The molecule has 3 fully saturated rings. The number of hydrogen-bond donors (Lipinski definition) is 0. The molecule has 8 nitrogen and oxygen atoms in total. The van der Waals surface area contributed by atoms with Crippen LogP contribution in [0.25, 0.3) is 0 Å². The van der Waals surface area contributed by atoms with Crippen LogP contribution in [-0.4, -0.2) is 74.6 Å². The van der Waals surface area contributed by atoms with E-state index < -0.39 is 28.7 Å². The number of ether oxygens (including phenoxy) is 2. The minimum absolute atomic E-state index is 0.00673. The van der Waals surface area contributed by atoms with E-state index in [1.165, 1.54) is 0 Å². The maximum atomic E-state index is 14.4. The monoisotopic (exact) mass is 586 g/mol. The summed E-state index contributed by atoms with van der Waals surface area (Å²) in [6, 6.07) is -1.93. The van der Waals surface area contributed by atoms with Gasteiger partial charge in [0.15, 0.2) is 16.6 Å². The summed E-state index contributed by atoms with van der Waals surface area (Å²) in [6.45, 7) is 22.0. The van der Waals surface area contributed by atoms with Crippen LogP contribution >= 0.6 is 0 Å². The highest BCUT2D eigenvalue weighted by molar-refractivity contribution is 6.74. The fourth-order valence-electron chi connectivity index (χ4n) is 5.89. The molecule has 10 heteroatoms. The second-order valence-corrected chi connectivity index (χ2v) is 24.3. The van der Waals surface area contributed by atoms with Crippen LogP contribution in [0.5, 0.6) is 0 Å². The van der Waals surface area contributed by atoms with Crippen LogP contribution < -0.4 is 0 Å². The maximum absolute atomic E-state index is 14.4. The topological polar surface area (TPSA) is 77.5 Å². The molecular formula is C30H46N2O6Si2. The molecule has 0 aromatic carbocycles. The van der Waals surface area contributed by atoms with Crippen LogP contribution in [-0.2, 0) is 27.9 Å². The molecule has 0 aliphatic carbocycles. The zero-order valence-electron chi connectivity index (χ0n) is 25.7. The van der Waals surface area contributed by atoms with Gasteiger partial charge in [0.05, 0.1) is 49.3 Å². The molecule has 2 amide bonds. The summed E-state index contributed by atoms with van der Waals surface area (Å²) in [7, 11) is -4.38. The lowest BCUT2D eigenvalue weighted by Gasteiger charge is -2.47. The third kappa shape index (κ3) is 4.74. The Balaban J connectivity index is 1.48. The quantitative estimate of drug-likeness (QED) is 0.401. The van der Waals surface area contributed by atoms with E-state index in [4.69, 9.17) is 18.3 Å². The number of fused-ring (bicyclic) bond motifs is 6. The summed E-state index contributed by atoms with van der Waals surface area (Å²) in [6.07, 6.45) is 10.6. The van der Waals surface area contributed by atoms with Gasteiger partial charge in [0.1, 0.15) is 12.1 Å². The molecule has 5 heterocycles. The van der Waals surface area contributed by atoms with E-state index in [0.29, 0.717) is 12.8 Å². The SMILES string of the molecule is CC(C)(C)[Si](C)(C)O[C@@H]1C=COC=C2C[C@H]3C(=O)N4[C@@H](CC5=COC=C[C@@H](O[Si](C)(C)C(C)(C)C)[C@H]54)C(=O)N3[C@@H]21. The fourth-order valence-corrected chi connectivity index (χ4v) is 8.38. The maximum Gasteiger partial charge on any atom is 0.247 e. The Kier molecular flexibility index (Phi) is 7.12. The van der Waals surface area contributed by atoms with E-state index in [9.17, 15) is 9.59 Å². The number of amides is 2. The summed E-state index contributed by atoms with van der Waals surface area (Å²) < 4.78 is 25.1. The summed E-state index contributed by atoms with van der Waals surface area (Å²) in [4.78, 5) is 32.3. The third-order valence-electron chi connectivity index (χ3n) is 10.2. The molecule has 0 saturated carbocycles. The number of carbonyl (C=O) groups excluding carboxylic acids is 2. The number of rotatable bonds is 4. The highest BCUT2D eigenvalue weighted by atomic mass is 28.4. The molecule has 0 spiro atoms. The normalized spacial score (nSPS) is 32.2. The van der Waals surface area contributed by atoms with Crippen LogP contribution in [0.15, 0.2) is 48.3 Å². The van der Waals surface area contributed by atoms with Gasteiger partial charge in [0.2, 0.25) is 11.8 Å². The van der Waals surface area contributed by atoms with E-state index in [1.807, 2.05) is 12.2 Å². The van der Waals surface area contributed by atoms with Gasteiger partial charge < -0.3 is 28.1 Å². The third-order valence-corrected chi connectivity index (χ3v) is 19.1. The summed E-state index contributed by atoms with van der Waals surface area (Å²) in [5.74, 6) is -0.0812. The lowest BCUT2D eigenvalue weighted by Crippen LogP contribution is -2.66. The zero-order chi connectivity index (χ0) is 29.4. The molecule has 0 unspecified atom stereocenters. The molecular weight excluding hydrogens is 541 g/mol. The Morgan fingerprint density at radius 1 is 0.700 bits per heavy atom. The van der Waals surface area contributed by atoms with Crippen molar-refractivity contribution in [1.82, 2.24) is 9.80 Å². The standard InChI is InChI=1S/C30H46N2O6Si2/c1-29(2,3)39(7,8)37-23-11-13-35-17-19-15-21-28(34)32-22(27(33)31(21)25(19)23)16-20-18-36-14-12-24(26(20)32)38-40(9,10)30(4,5)6/h11-14,17-18,21-26H,15-16H2,1-10H3/t21-,22-,23+,24+,25-,26-/m0/s1. The molecule has 0 N–H and O–H groups in total. The van der Waals surface area contributed by atoms with Gasteiger partial charge in [0, 0.05) is 12.8 Å². The van der Waals surface area contributed by atoms with Gasteiger partial charge in [0.25, 0.3) is 0 Å². The number of hydrogen-bond acceptors (Lipinski definition) is 6. The van der Waals surface area contributed by atoms with Crippen molar-refractivity contribution in [3.63, 3.8) is 0 Å². The second kappa shape index (κ2) is 9.71. The molecule has 6 atom stereocenters. The first-order chi connectivity index (χ1) is 18.4. The van der Waals surface area contributed by atoms with Crippen molar-refractivity contribution in [1.29, 1.82) is 0 Å². The zero-order valence-corrected chi connectivity index (χ0v) is 27.7. The summed E-state index contributed by atoms with van der Waals surface area (Å²) in [5.41, 5.74) is 1.85. The van der Waals surface area contributed by atoms with Crippen LogP contribution in [0.4, 0.5) is 0 Å². The molecule has 0 radical (unpaired) electrons. The van der Waals surface area contributed by atoms with Gasteiger partial charge in [-0.1, -0.05) is 41.5 Å². The van der Waals surface area contributed by atoms with E-state index >= 15 is 0 Å². The number of carbonyl (C=O) groups is 2. The molecule has 5 aliphatic heterocycles. The first-order valence-electron chi connectivity index (χ1n) is 14.5. The highest BCUT2D eigenvalue weighted by Gasteiger charge is 2.61. The van der Waals surface area contributed by atoms with Crippen molar-refractivity contribution < 1.29 is 27.9 Å². The fraction of sp³-hybridized carbons (Fsp3) is 0.667. The van der Waals surface area contributed by atoms with Crippen LogP contribution in [0, 0.1) is 0 Å². The molecule has 40 heavy (non-hydrogen) atoms. The lowest BCUT2D eigenvalue weighted by molar-refractivity contribution is -0.162. The minimum atomic E-state index is -2.19. The molecule has 0 aromatic rings. The molecule has 220 valence electrons. The Labute approximate surface area is 241 Å². The Hall–Kier alpha value is -2.15.